The highest BCUT2D eigenvalue weighted by atomic mass is 16.1. The summed E-state index contributed by atoms with van der Waals surface area (Å²) >= 11 is 0. The average molecular weight is 143 g/mol. The van der Waals surface area contributed by atoms with E-state index in [9.17, 15) is 0 Å². The highest BCUT2D eigenvalue weighted by molar-refractivity contribution is 4.94. The van der Waals surface area contributed by atoms with Crippen LogP contribution in [-0.2, 0) is 0 Å². The third kappa shape index (κ3) is 1.12. The van der Waals surface area contributed by atoms with Crippen molar-refractivity contribution in [3.05, 3.63) is 6.04 Å². The maximum Gasteiger partial charge on any atom is 0.0750 e. The zero-order valence-electron chi connectivity index (χ0n) is 5.57. The molecule has 0 aromatic heterocycles. The van der Waals surface area contributed by atoms with E-state index in [1.54, 1.807) is 0 Å². The fraction of sp³-hybridized carbons (Fsp3) is 0.750. The molecule has 1 saturated heterocycles. The van der Waals surface area contributed by atoms with E-state index in [-0.39, 0.29) is 0 Å². The molecule has 1 aliphatic heterocycles. The molecule has 6 nitrogen and oxygen atoms in total. The van der Waals surface area contributed by atoms with Gasteiger partial charge in [-0.05, 0) is 19.3 Å². The van der Waals surface area contributed by atoms with Gasteiger partial charge >= 0.3 is 0 Å². The maximum absolute atomic E-state index is 2.88. The van der Waals surface area contributed by atoms with Crippen molar-refractivity contribution in [2.45, 2.75) is 19.3 Å². The molecule has 5 N–H and O–H groups in total. The summed E-state index contributed by atoms with van der Waals surface area (Å²) in [6, 6.07) is 1.36. The fourth-order valence-corrected chi connectivity index (χ4v) is 0.944. The van der Waals surface area contributed by atoms with E-state index < -0.39 is 0 Å². The van der Waals surface area contributed by atoms with Gasteiger partial charge in [0.05, 0.1) is 6.04 Å². The van der Waals surface area contributed by atoms with Gasteiger partial charge in [-0.25, -0.2) is 0 Å². The molecule has 0 amide bonds. The second-order valence-electron chi connectivity index (χ2n) is 2.35. The van der Waals surface area contributed by atoms with E-state index in [4.69, 9.17) is 0 Å². The maximum atomic E-state index is 2.88. The van der Waals surface area contributed by atoms with Crippen LogP contribution in [0.2, 0.25) is 0 Å². The third-order valence-electron chi connectivity index (χ3n) is 1.71. The van der Waals surface area contributed by atoms with E-state index in [1.165, 1.54) is 25.3 Å². The first-order chi connectivity index (χ1) is 4.97. The van der Waals surface area contributed by atoms with Crippen LogP contribution in [0.1, 0.15) is 19.3 Å². The summed E-state index contributed by atoms with van der Waals surface area (Å²) < 4.78 is 0. The summed E-state index contributed by atoms with van der Waals surface area (Å²) in [6.07, 6.45) is 3.63. The van der Waals surface area contributed by atoms with Gasteiger partial charge in [0, 0.05) is 0 Å². The Balaban J connectivity index is 1.78. The van der Waals surface area contributed by atoms with Crippen LogP contribution < -0.4 is 27.7 Å². The third-order valence-corrected chi connectivity index (χ3v) is 1.71. The Kier molecular flexibility index (Phi) is 1.80. The van der Waals surface area contributed by atoms with Gasteiger partial charge in [0.2, 0.25) is 0 Å². The molecule has 1 heterocycles. The van der Waals surface area contributed by atoms with Crippen molar-refractivity contribution >= 4 is 0 Å². The molecule has 2 rings (SSSR count). The molecule has 1 saturated carbocycles. The Morgan fingerprint density at radius 1 is 1.00 bits per heavy atom. The van der Waals surface area contributed by atoms with Crippen LogP contribution in [0.3, 0.4) is 0 Å². The Morgan fingerprint density at radius 3 is 2.20 bits per heavy atom. The largest absolute Gasteiger partial charge is 0.164 e. The van der Waals surface area contributed by atoms with Crippen LogP contribution in [0.4, 0.5) is 0 Å². The molecule has 2 fully saturated rings. The Morgan fingerprint density at radius 2 is 1.70 bits per heavy atom. The summed E-state index contributed by atoms with van der Waals surface area (Å²) in [5, 5.41) is 1.83. The summed E-state index contributed by atoms with van der Waals surface area (Å²) in [5.74, 6) is 0. The van der Waals surface area contributed by atoms with E-state index in [1.807, 2.05) is 5.12 Å². The first-order valence-electron chi connectivity index (χ1n) is 3.38. The lowest BCUT2D eigenvalue weighted by atomic mass is 9.94. The molecule has 0 bridgehead atoms. The Hall–Kier alpha value is -0.240. The van der Waals surface area contributed by atoms with Crippen LogP contribution in [-0.4, -0.2) is 5.12 Å². The molecule has 1 aliphatic carbocycles. The van der Waals surface area contributed by atoms with Crippen molar-refractivity contribution in [3.8, 4) is 0 Å². The molecular formula is C4H11N6. The number of nitrogens with one attached hydrogen (secondary N) is 5. The first kappa shape index (κ1) is 6.47. The number of hydrogen-bond acceptors (Lipinski definition) is 6. The van der Waals surface area contributed by atoms with E-state index in [2.05, 4.69) is 27.7 Å². The minimum Gasteiger partial charge on any atom is -0.164 e. The average Bonchev–Trinajstić information content (AvgIpc) is 1.86. The predicted molar refractivity (Wildman–Crippen MR) is 34.6 cm³/mol. The van der Waals surface area contributed by atoms with Crippen LogP contribution in [0.15, 0.2) is 0 Å². The van der Waals surface area contributed by atoms with E-state index in [0.717, 1.165) is 0 Å². The Bertz CT molecular complexity index is 106. The zero-order valence-corrected chi connectivity index (χ0v) is 5.57. The second-order valence-corrected chi connectivity index (χ2v) is 2.35. The highest BCUT2D eigenvalue weighted by Crippen LogP contribution is 2.29. The number of nitrogens with zero attached hydrogens (tertiary/aromatic N) is 1. The van der Waals surface area contributed by atoms with Gasteiger partial charge in [-0.3, -0.25) is 0 Å². The molecule has 0 spiro atoms. The second kappa shape index (κ2) is 2.79. The normalized spacial score (nSPS) is 30.0. The molecular weight excluding hydrogens is 132 g/mol. The van der Waals surface area contributed by atoms with Crippen LogP contribution in [0.5, 0.6) is 0 Å². The van der Waals surface area contributed by atoms with Gasteiger partial charge in [0.1, 0.15) is 0 Å². The van der Waals surface area contributed by atoms with Crippen molar-refractivity contribution in [2.75, 3.05) is 0 Å². The van der Waals surface area contributed by atoms with Crippen molar-refractivity contribution in [1.82, 2.24) is 32.8 Å². The van der Waals surface area contributed by atoms with Gasteiger partial charge in [0.25, 0.3) is 0 Å². The SMILES string of the molecule is C1C[C](N2NNNNN2)C1. The summed E-state index contributed by atoms with van der Waals surface area (Å²) in [6.45, 7) is 0. The van der Waals surface area contributed by atoms with Crippen LogP contribution in [0.25, 0.3) is 0 Å². The van der Waals surface area contributed by atoms with Gasteiger partial charge in [-0.15, -0.1) is 5.12 Å². The van der Waals surface area contributed by atoms with Gasteiger partial charge in [0.15, 0.2) is 0 Å². The summed E-state index contributed by atoms with van der Waals surface area (Å²) in [4.78, 5) is 0. The molecule has 0 aromatic carbocycles. The Labute approximate surface area is 59.2 Å². The summed E-state index contributed by atoms with van der Waals surface area (Å²) in [5.41, 5.74) is 13.8. The predicted octanol–water partition coefficient (Wildman–Crippen LogP) is -1.54. The molecule has 10 heavy (non-hydrogen) atoms. The van der Waals surface area contributed by atoms with Crippen molar-refractivity contribution < 1.29 is 0 Å². The molecule has 2 aliphatic rings. The first-order valence-corrected chi connectivity index (χ1v) is 3.38. The molecule has 0 atom stereocenters. The molecule has 6 heteroatoms. The topological polar surface area (TPSA) is 63.4 Å². The molecule has 57 valence electrons. The molecule has 1 radical (unpaired) electrons. The minimum atomic E-state index is 1.17. The van der Waals surface area contributed by atoms with E-state index in [0.29, 0.717) is 0 Å². The highest BCUT2D eigenvalue weighted by Gasteiger charge is 2.26. The van der Waals surface area contributed by atoms with Crippen LogP contribution >= 0.6 is 0 Å². The monoisotopic (exact) mass is 143 g/mol. The van der Waals surface area contributed by atoms with Gasteiger partial charge < -0.3 is 0 Å². The minimum absolute atomic E-state index is 1.17. The lowest BCUT2D eigenvalue weighted by molar-refractivity contribution is -0.0285. The van der Waals surface area contributed by atoms with Crippen molar-refractivity contribution in [1.29, 1.82) is 0 Å². The van der Waals surface area contributed by atoms with Gasteiger partial charge in [-0.2, -0.15) is 27.7 Å². The number of hydrazine groups is 6. The lowest BCUT2D eigenvalue weighted by Crippen LogP contribution is -2.73. The summed E-state index contributed by atoms with van der Waals surface area (Å²) in [7, 11) is 0. The number of rotatable bonds is 1. The lowest BCUT2D eigenvalue weighted by Gasteiger charge is -2.39. The molecule has 0 aromatic rings. The van der Waals surface area contributed by atoms with Gasteiger partial charge in [-0.1, -0.05) is 0 Å². The zero-order chi connectivity index (χ0) is 6.81. The van der Waals surface area contributed by atoms with Crippen molar-refractivity contribution in [3.63, 3.8) is 0 Å². The standard InChI is InChI=1S/C4H11N6/c1-2-4(3-1)10-8-6-5-7-9-10/h5-9H,1-3H2. The number of hydrogen-bond donors (Lipinski definition) is 5. The molecule has 0 unspecified atom stereocenters. The van der Waals surface area contributed by atoms with Crippen LogP contribution in [0, 0.1) is 6.04 Å². The quantitative estimate of drug-likeness (QED) is 0.306. The van der Waals surface area contributed by atoms with Crippen molar-refractivity contribution in [2.24, 2.45) is 0 Å². The van der Waals surface area contributed by atoms with E-state index >= 15 is 0 Å². The fourth-order valence-electron chi connectivity index (χ4n) is 0.944. The smallest absolute Gasteiger partial charge is 0.0750 e.